The summed E-state index contributed by atoms with van der Waals surface area (Å²) < 4.78 is 2.51. The lowest BCUT2D eigenvalue weighted by Crippen LogP contribution is -2.58. The van der Waals surface area contributed by atoms with Crippen molar-refractivity contribution in [2.24, 2.45) is 0 Å². The number of hydrogen-bond donors (Lipinski definition) is 3. The van der Waals surface area contributed by atoms with E-state index in [4.69, 9.17) is 0 Å². The van der Waals surface area contributed by atoms with Crippen molar-refractivity contribution in [3.8, 4) is 0 Å². The van der Waals surface area contributed by atoms with E-state index in [1.807, 2.05) is 56.2 Å². The van der Waals surface area contributed by atoms with Crippen LogP contribution in [0.3, 0.4) is 0 Å². The molecule has 12 nitrogen and oxygen atoms in total. The molecule has 0 radical (unpaired) electrons. The normalized spacial score (nSPS) is 14.7. The maximum atomic E-state index is 13.2. The molecule has 0 bridgehead atoms. The Balaban J connectivity index is 3.45. The maximum Gasteiger partial charge on any atom is 0.336 e. The van der Waals surface area contributed by atoms with Crippen molar-refractivity contribution in [2.75, 3.05) is 58.9 Å². The van der Waals surface area contributed by atoms with Crippen LogP contribution in [0.15, 0.2) is 14.4 Å². The Bertz CT molecular complexity index is 783. The zero-order valence-electron chi connectivity index (χ0n) is 23.0. The average molecular weight is 517 g/mol. The van der Waals surface area contributed by atoms with Gasteiger partial charge in [-0.05, 0) is 39.3 Å². The molecule has 1 aromatic rings. The predicted octanol–water partition coefficient (Wildman–Crippen LogP) is -1.72. The standard InChI is InChI=1S/C24H48N6O6/c1-7-25(8-2)13-19(31)16-28-22(34)29(17-20(32)14-26(9-3)10-4)24(36)30(23(28)35)18-21(33)15-27(11-5)12-6/h19-21,31-33H,7-18H2,1-6H3/t19-,20-,21+/m1/s1. The average Bonchev–Trinajstić information content (AvgIpc) is 2.87. The van der Waals surface area contributed by atoms with Gasteiger partial charge in [-0.15, -0.1) is 0 Å². The van der Waals surface area contributed by atoms with Crippen molar-refractivity contribution in [3.05, 3.63) is 31.5 Å². The highest BCUT2D eigenvalue weighted by Gasteiger charge is 2.23. The Kier molecular flexibility index (Phi) is 14.4. The first-order chi connectivity index (χ1) is 17.1. The molecule has 0 spiro atoms. The highest BCUT2D eigenvalue weighted by Crippen LogP contribution is 1.98. The highest BCUT2D eigenvalue weighted by molar-refractivity contribution is 4.83. The zero-order valence-corrected chi connectivity index (χ0v) is 23.0. The smallest absolute Gasteiger partial charge is 0.336 e. The van der Waals surface area contributed by atoms with E-state index in [2.05, 4.69) is 0 Å². The van der Waals surface area contributed by atoms with Crippen LogP contribution in [0.4, 0.5) is 0 Å². The lowest BCUT2D eigenvalue weighted by atomic mass is 10.3. The molecule has 210 valence electrons. The first-order valence-electron chi connectivity index (χ1n) is 13.2. The predicted molar refractivity (Wildman–Crippen MR) is 141 cm³/mol. The molecule has 0 saturated carbocycles. The zero-order chi connectivity index (χ0) is 27.4. The van der Waals surface area contributed by atoms with E-state index in [1.54, 1.807) is 0 Å². The van der Waals surface area contributed by atoms with Crippen LogP contribution in [-0.2, 0) is 19.6 Å². The largest absolute Gasteiger partial charge is 0.390 e. The van der Waals surface area contributed by atoms with Crippen molar-refractivity contribution < 1.29 is 15.3 Å². The molecule has 0 amide bonds. The summed E-state index contributed by atoms with van der Waals surface area (Å²) in [6.45, 7) is 15.7. The Labute approximate surface area is 214 Å². The summed E-state index contributed by atoms with van der Waals surface area (Å²) in [4.78, 5) is 45.6. The van der Waals surface area contributed by atoms with Crippen molar-refractivity contribution >= 4 is 0 Å². The molecule has 1 rings (SSSR count). The molecule has 3 N–H and O–H groups in total. The third-order valence-corrected chi connectivity index (χ3v) is 6.66. The SMILES string of the molecule is CCN(CC)C[C@@H](O)Cn1c(=O)n(C[C@H](O)CN(CC)CC)c(=O)n(C[C@@H](O)CN(CC)CC)c1=O. The van der Waals surface area contributed by atoms with Crippen LogP contribution in [0, 0.1) is 0 Å². The molecule has 0 aliphatic carbocycles. The van der Waals surface area contributed by atoms with Gasteiger partial charge >= 0.3 is 17.1 Å². The summed E-state index contributed by atoms with van der Waals surface area (Å²) in [6.07, 6.45) is -3.05. The van der Waals surface area contributed by atoms with Gasteiger partial charge in [0.1, 0.15) is 0 Å². The Morgan fingerprint density at radius 2 is 0.694 bits per heavy atom. The fourth-order valence-corrected chi connectivity index (χ4v) is 4.30. The molecule has 3 atom stereocenters. The Hall–Kier alpha value is -1.83. The van der Waals surface area contributed by atoms with Crippen LogP contribution in [0.25, 0.3) is 0 Å². The molecule has 0 fully saturated rings. The minimum Gasteiger partial charge on any atom is -0.390 e. The molecule has 0 aromatic carbocycles. The summed E-state index contributed by atoms with van der Waals surface area (Å²) in [5, 5.41) is 31.8. The van der Waals surface area contributed by atoms with Crippen molar-refractivity contribution in [3.63, 3.8) is 0 Å². The lowest BCUT2D eigenvalue weighted by Gasteiger charge is -2.25. The number of hydrogen-bond acceptors (Lipinski definition) is 9. The highest BCUT2D eigenvalue weighted by atomic mass is 16.3. The van der Waals surface area contributed by atoms with E-state index in [9.17, 15) is 29.7 Å². The van der Waals surface area contributed by atoms with Gasteiger partial charge in [0.05, 0.1) is 37.9 Å². The van der Waals surface area contributed by atoms with Crippen LogP contribution < -0.4 is 17.1 Å². The Morgan fingerprint density at radius 3 is 0.861 bits per heavy atom. The second-order valence-electron chi connectivity index (χ2n) is 9.10. The molecule has 0 unspecified atom stereocenters. The first kappa shape index (κ1) is 32.2. The van der Waals surface area contributed by atoms with Gasteiger partial charge in [0.25, 0.3) is 0 Å². The van der Waals surface area contributed by atoms with Gasteiger partial charge in [0.15, 0.2) is 0 Å². The second-order valence-corrected chi connectivity index (χ2v) is 9.10. The fraction of sp³-hybridized carbons (Fsp3) is 0.875. The van der Waals surface area contributed by atoms with Gasteiger partial charge in [0.2, 0.25) is 0 Å². The van der Waals surface area contributed by atoms with Crippen LogP contribution in [-0.4, -0.2) is 121 Å². The van der Waals surface area contributed by atoms with Crippen LogP contribution in [0.5, 0.6) is 0 Å². The number of aliphatic hydroxyl groups is 3. The maximum absolute atomic E-state index is 13.2. The minimum absolute atomic E-state index is 0.257. The molecule has 12 heteroatoms. The fourth-order valence-electron chi connectivity index (χ4n) is 4.30. The van der Waals surface area contributed by atoms with Gasteiger partial charge in [0, 0.05) is 19.6 Å². The molecule has 0 aliphatic heterocycles. The topological polar surface area (TPSA) is 136 Å². The van der Waals surface area contributed by atoms with E-state index in [1.165, 1.54) is 0 Å². The molecule has 0 aliphatic rings. The van der Waals surface area contributed by atoms with E-state index in [0.29, 0.717) is 39.3 Å². The summed E-state index contributed by atoms with van der Waals surface area (Å²) in [5.74, 6) is 0. The number of rotatable bonds is 18. The molecule has 1 aromatic heterocycles. The molecular weight excluding hydrogens is 468 g/mol. The third kappa shape index (κ3) is 9.24. The lowest BCUT2D eigenvalue weighted by molar-refractivity contribution is 0.0850. The summed E-state index contributed by atoms with van der Waals surface area (Å²) >= 11 is 0. The quantitative estimate of drug-likeness (QED) is 0.208. The van der Waals surface area contributed by atoms with Gasteiger partial charge in [-0.1, -0.05) is 41.5 Å². The van der Waals surface area contributed by atoms with Gasteiger partial charge in [-0.2, -0.15) is 0 Å². The Morgan fingerprint density at radius 1 is 0.500 bits per heavy atom. The van der Waals surface area contributed by atoms with E-state index in [-0.39, 0.29) is 39.3 Å². The summed E-state index contributed by atoms with van der Waals surface area (Å²) in [5.41, 5.74) is -2.63. The third-order valence-electron chi connectivity index (χ3n) is 6.66. The van der Waals surface area contributed by atoms with Gasteiger partial charge in [-0.25, -0.2) is 28.1 Å². The van der Waals surface area contributed by atoms with Gasteiger partial charge < -0.3 is 30.0 Å². The number of aromatic nitrogens is 3. The van der Waals surface area contributed by atoms with E-state index >= 15 is 0 Å². The molecule has 0 saturated heterocycles. The summed E-state index contributed by atoms with van der Waals surface area (Å²) in [7, 11) is 0. The van der Waals surface area contributed by atoms with Gasteiger partial charge in [-0.3, -0.25) is 0 Å². The number of aliphatic hydroxyl groups excluding tert-OH is 3. The number of likely N-dealkylation sites (N-methyl/N-ethyl adjacent to an activating group) is 3. The minimum atomic E-state index is -1.02. The van der Waals surface area contributed by atoms with Crippen molar-refractivity contribution in [1.82, 2.24) is 28.4 Å². The van der Waals surface area contributed by atoms with E-state index in [0.717, 1.165) is 13.7 Å². The van der Waals surface area contributed by atoms with Crippen molar-refractivity contribution in [1.29, 1.82) is 0 Å². The molecular formula is C24H48N6O6. The van der Waals surface area contributed by atoms with Crippen LogP contribution in [0.1, 0.15) is 41.5 Å². The summed E-state index contributed by atoms with van der Waals surface area (Å²) in [6, 6.07) is 0. The second kappa shape index (κ2) is 16.1. The van der Waals surface area contributed by atoms with Crippen molar-refractivity contribution in [2.45, 2.75) is 79.5 Å². The van der Waals surface area contributed by atoms with Crippen LogP contribution in [0.2, 0.25) is 0 Å². The first-order valence-corrected chi connectivity index (χ1v) is 13.2. The molecule has 36 heavy (non-hydrogen) atoms. The molecule has 1 heterocycles. The van der Waals surface area contributed by atoms with Crippen LogP contribution >= 0.6 is 0 Å². The number of nitrogens with zero attached hydrogens (tertiary/aromatic N) is 6. The monoisotopic (exact) mass is 516 g/mol. The van der Waals surface area contributed by atoms with E-state index < -0.39 is 35.4 Å².